The van der Waals surface area contributed by atoms with Gasteiger partial charge in [0.2, 0.25) is 0 Å². The van der Waals surface area contributed by atoms with Crippen molar-refractivity contribution in [3.8, 4) is 5.75 Å². The first kappa shape index (κ1) is 22.7. The van der Waals surface area contributed by atoms with E-state index in [0.29, 0.717) is 59.2 Å². The van der Waals surface area contributed by atoms with Crippen LogP contribution >= 0.6 is 0 Å². The Balaban J connectivity index is 1.82. The molecule has 4 aromatic rings. The van der Waals surface area contributed by atoms with E-state index in [-0.39, 0.29) is 11.3 Å². The normalized spacial score (nSPS) is 15.4. The van der Waals surface area contributed by atoms with Crippen LogP contribution in [0.4, 0.5) is 4.79 Å². The maximum Gasteiger partial charge on any atom is 0.342 e. The van der Waals surface area contributed by atoms with Gasteiger partial charge in [-0.15, -0.1) is 0 Å². The van der Waals surface area contributed by atoms with Gasteiger partial charge in [0.15, 0.2) is 0 Å². The minimum Gasteiger partial charge on any atom is -0.507 e. The number of carbonyl (C=O) groups is 2. The number of piperazine rings is 1. The number of carbonyl (C=O) groups excluding carboxylic acids is 2. The summed E-state index contributed by atoms with van der Waals surface area (Å²) in [5, 5.41) is 13.6. The van der Waals surface area contributed by atoms with Gasteiger partial charge in [0, 0.05) is 60.3 Å². The van der Waals surface area contributed by atoms with Crippen LogP contribution in [0.3, 0.4) is 0 Å². The van der Waals surface area contributed by atoms with Crippen LogP contribution in [-0.4, -0.2) is 65.2 Å². The molecule has 1 aliphatic rings. The third-order valence-electron chi connectivity index (χ3n) is 6.71. The highest BCUT2D eigenvalue weighted by Crippen LogP contribution is 2.47. The Hall–Kier alpha value is -4.11. The number of nitrogens with two attached hydrogens (primary N) is 1. The second-order valence-corrected chi connectivity index (χ2v) is 8.58. The predicted octanol–water partition coefficient (Wildman–Crippen LogP) is 3.57. The number of hydrogen-bond donors (Lipinski definition) is 2. The number of fused-ring (bicyclic) bond motifs is 3. The second kappa shape index (κ2) is 8.92. The highest BCUT2D eigenvalue weighted by Gasteiger charge is 2.35. The quantitative estimate of drug-likeness (QED) is 0.434. The van der Waals surface area contributed by atoms with Gasteiger partial charge in [-0.05, 0) is 24.6 Å². The first-order valence-corrected chi connectivity index (χ1v) is 11.4. The second-order valence-electron chi connectivity index (χ2n) is 8.58. The molecule has 9 heteroatoms. The van der Waals surface area contributed by atoms with Crippen LogP contribution < -0.4 is 5.73 Å². The lowest BCUT2D eigenvalue weighted by Gasteiger charge is -2.39. The molecule has 0 bridgehead atoms. The molecule has 0 spiro atoms. The van der Waals surface area contributed by atoms with Gasteiger partial charge in [-0.3, -0.25) is 9.88 Å². The van der Waals surface area contributed by atoms with Crippen LogP contribution in [-0.2, 0) is 4.74 Å². The van der Waals surface area contributed by atoms with Gasteiger partial charge in [-0.1, -0.05) is 24.3 Å². The summed E-state index contributed by atoms with van der Waals surface area (Å²) in [6.45, 7) is 3.66. The van der Waals surface area contributed by atoms with Crippen molar-refractivity contribution in [2.75, 3.05) is 33.3 Å². The Labute approximate surface area is 201 Å². The fraction of sp³-hybridized carbons (Fsp3) is 0.269. The number of benzene rings is 2. The number of furan rings is 1. The van der Waals surface area contributed by atoms with Crippen LogP contribution in [0.15, 0.2) is 53.2 Å². The summed E-state index contributed by atoms with van der Waals surface area (Å²) in [5.41, 5.74) is 7.73. The zero-order valence-electron chi connectivity index (χ0n) is 19.5. The zero-order chi connectivity index (χ0) is 24.7. The number of rotatable bonds is 4. The van der Waals surface area contributed by atoms with Gasteiger partial charge in [0.25, 0.3) is 0 Å². The SMILES string of the molecule is COC(=O)c1c(C)oc2c1c(C(c1ccncc1)N1CCN(C(N)=O)CC1)c(O)c1ccccc12. The number of hydrogen-bond acceptors (Lipinski definition) is 7. The number of pyridine rings is 1. The smallest absolute Gasteiger partial charge is 0.342 e. The fourth-order valence-electron chi connectivity index (χ4n) is 5.06. The van der Waals surface area contributed by atoms with Crippen molar-refractivity contribution in [1.82, 2.24) is 14.8 Å². The largest absolute Gasteiger partial charge is 0.507 e. The molecule has 5 rings (SSSR count). The zero-order valence-corrected chi connectivity index (χ0v) is 19.5. The maximum absolute atomic E-state index is 12.9. The number of urea groups is 1. The third kappa shape index (κ3) is 3.74. The molecule has 9 nitrogen and oxygen atoms in total. The highest BCUT2D eigenvalue weighted by molar-refractivity contribution is 6.16. The molecule has 3 N–H and O–H groups in total. The van der Waals surface area contributed by atoms with Crippen LogP contribution in [0.5, 0.6) is 5.75 Å². The first-order chi connectivity index (χ1) is 16.9. The number of ether oxygens (including phenoxy) is 1. The summed E-state index contributed by atoms with van der Waals surface area (Å²) >= 11 is 0. The van der Waals surface area contributed by atoms with E-state index in [9.17, 15) is 14.7 Å². The molecule has 0 radical (unpaired) electrons. The van der Waals surface area contributed by atoms with E-state index in [1.165, 1.54) is 7.11 Å². The number of amides is 2. The molecule has 0 aliphatic carbocycles. The molecule has 1 fully saturated rings. The summed E-state index contributed by atoms with van der Waals surface area (Å²) in [5.74, 6) is -0.0571. The van der Waals surface area contributed by atoms with Gasteiger partial charge in [0.05, 0.1) is 13.2 Å². The van der Waals surface area contributed by atoms with Gasteiger partial charge >= 0.3 is 12.0 Å². The monoisotopic (exact) mass is 474 g/mol. The third-order valence-corrected chi connectivity index (χ3v) is 6.71. The van der Waals surface area contributed by atoms with Gasteiger partial charge < -0.3 is 24.9 Å². The fourth-order valence-corrected chi connectivity index (χ4v) is 5.06. The molecule has 2 aromatic carbocycles. The van der Waals surface area contributed by atoms with Crippen LogP contribution in [0, 0.1) is 6.92 Å². The maximum atomic E-state index is 12.9. The predicted molar refractivity (Wildman–Crippen MR) is 130 cm³/mol. The Morgan fingerprint density at radius 1 is 1.09 bits per heavy atom. The summed E-state index contributed by atoms with van der Waals surface area (Å²) in [4.78, 5) is 32.6. The lowest BCUT2D eigenvalue weighted by Crippen LogP contribution is -2.51. The Morgan fingerprint density at radius 3 is 2.37 bits per heavy atom. The molecular formula is C26H26N4O5. The standard InChI is InChI=1S/C26H26N4O5/c1-15-19(25(32)34-2)20-21(23(31)17-5-3-4-6-18(17)24(20)35-15)22(16-7-9-28-10-8-16)29-11-13-30(14-12-29)26(27)33/h3-10,22,31H,11-14H2,1-2H3,(H2,27,33). The molecule has 3 heterocycles. The summed E-state index contributed by atoms with van der Waals surface area (Å²) in [6.07, 6.45) is 3.39. The van der Waals surface area contributed by atoms with E-state index in [0.717, 1.165) is 5.56 Å². The lowest BCUT2D eigenvalue weighted by atomic mass is 9.89. The van der Waals surface area contributed by atoms with E-state index in [1.54, 1.807) is 24.2 Å². The molecule has 1 atom stereocenters. The average molecular weight is 475 g/mol. The van der Waals surface area contributed by atoms with Gasteiger partial charge in [-0.2, -0.15) is 0 Å². The van der Waals surface area contributed by atoms with Crippen LogP contribution in [0.1, 0.15) is 33.3 Å². The van der Waals surface area contributed by atoms with Crippen molar-refractivity contribution in [2.45, 2.75) is 13.0 Å². The van der Waals surface area contributed by atoms with E-state index >= 15 is 0 Å². The Morgan fingerprint density at radius 2 is 1.74 bits per heavy atom. The number of aromatic hydroxyl groups is 1. The van der Waals surface area contributed by atoms with E-state index in [2.05, 4.69) is 9.88 Å². The molecule has 1 unspecified atom stereocenters. The van der Waals surface area contributed by atoms with Crippen molar-refractivity contribution in [1.29, 1.82) is 0 Å². The van der Waals surface area contributed by atoms with E-state index < -0.39 is 18.0 Å². The molecule has 35 heavy (non-hydrogen) atoms. The minimum atomic E-state index is -0.538. The van der Waals surface area contributed by atoms with E-state index in [1.807, 2.05) is 36.4 Å². The van der Waals surface area contributed by atoms with Crippen molar-refractivity contribution < 1.29 is 23.8 Å². The van der Waals surface area contributed by atoms with Crippen molar-refractivity contribution in [3.63, 3.8) is 0 Å². The Bertz CT molecular complexity index is 1420. The molecule has 2 aromatic heterocycles. The molecule has 2 amide bonds. The number of phenols is 1. The first-order valence-electron chi connectivity index (χ1n) is 11.4. The Kier molecular flexibility index (Phi) is 5.78. The van der Waals surface area contributed by atoms with Gasteiger partial charge in [0.1, 0.15) is 22.7 Å². The van der Waals surface area contributed by atoms with Crippen molar-refractivity contribution in [2.24, 2.45) is 5.73 Å². The number of phenolic OH excluding ortho intramolecular Hbond substituents is 1. The number of aryl methyl sites for hydroxylation is 1. The number of nitrogens with zero attached hydrogens (tertiary/aromatic N) is 3. The van der Waals surface area contributed by atoms with Crippen molar-refractivity contribution >= 4 is 33.7 Å². The topological polar surface area (TPSA) is 122 Å². The lowest BCUT2D eigenvalue weighted by molar-refractivity contribution is 0.0600. The number of esters is 1. The molecule has 0 saturated carbocycles. The van der Waals surface area contributed by atoms with E-state index in [4.69, 9.17) is 14.9 Å². The molecule has 1 aliphatic heterocycles. The highest BCUT2D eigenvalue weighted by atomic mass is 16.5. The number of primary amides is 1. The molecular weight excluding hydrogens is 448 g/mol. The van der Waals surface area contributed by atoms with Crippen LogP contribution in [0.25, 0.3) is 21.7 Å². The minimum absolute atomic E-state index is 0.0678. The number of aromatic nitrogens is 1. The summed E-state index contributed by atoms with van der Waals surface area (Å²) < 4.78 is 11.2. The summed E-state index contributed by atoms with van der Waals surface area (Å²) in [7, 11) is 1.32. The number of methoxy groups -OCH3 is 1. The average Bonchev–Trinajstić information content (AvgIpc) is 3.23. The van der Waals surface area contributed by atoms with Crippen molar-refractivity contribution in [3.05, 3.63) is 71.2 Å². The molecule has 1 saturated heterocycles. The van der Waals surface area contributed by atoms with Gasteiger partial charge in [-0.25, -0.2) is 9.59 Å². The summed E-state index contributed by atoms with van der Waals surface area (Å²) in [6, 6.07) is 10.3. The molecule has 180 valence electrons. The van der Waals surface area contributed by atoms with Crippen LogP contribution in [0.2, 0.25) is 0 Å².